The fourth-order valence-electron chi connectivity index (χ4n) is 2.83. The predicted octanol–water partition coefficient (Wildman–Crippen LogP) is 2.77. The molecule has 0 bridgehead atoms. The molecule has 0 aromatic heterocycles. The second-order valence-corrected chi connectivity index (χ2v) is 5.29. The predicted molar refractivity (Wildman–Crippen MR) is 63.9 cm³/mol. The number of ketones is 1. The first-order valence-corrected chi connectivity index (χ1v) is 6.24. The molecule has 0 radical (unpaired) electrons. The fourth-order valence-corrected chi connectivity index (χ4v) is 2.83. The summed E-state index contributed by atoms with van der Waals surface area (Å²) in [5.41, 5.74) is 0.0932. The van der Waals surface area contributed by atoms with Crippen molar-refractivity contribution in [3.63, 3.8) is 0 Å². The number of hydrogen-bond donors (Lipinski definition) is 1. The van der Waals surface area contributed by atoms with Crippen molar-refractivity contribution in [3.05, 3.63) is 0 Å². The van der Waals surface area contributed by atoms with Crippen LogP contribution >= 0.6 is 0 Å². The molecule has 1 aliphatic carbocycles. The molecule has 2 heteroatoms. The Morgan fingerprint density at radius 3 is 2.47 bits per heavy atom. The summed E-state index contributed by atoms with van der Waals surface area (Å²) in [5.74, 6) is 1.28. The first-order chi connectivity index (χ1) is 7.03. The minimum atomic E-state index is 0.0932. The highest BCUT2D eigenvalue weighted by Gasteiger charge is 2.38. The van der Waals surface area contributed by atoms with E-state index in [2.05, 4.69) is 19.2 Å². The van der Waals surface area contributed by atoms with Crippen LogP contribution in [0.2, 0.25) is 0 Å². The molecule has 1 rings (SSSR count). The van der Waals surface area contributed by atoms with E-state index in [1.54, 1.807) is 0 Å². The Labute approximate surface area is 93.8 Å². The summed E-state index contributed by atoms with van der Waals surface area (Å²) in [6.45, 7) is 6.43. The molecular weight excluding hydrogens is 186 g/mol. The van der Waals surface area contributed by atoms with Gasteiger partial charge in [0.25, 0.3) is 0 Å². The normalized spacial score (nSPS) is 27.7. The lowest BCUT2D eigenvalue weighted by molar-refractivity contribution is -0.126. The van der Waals surface area contributed by atoms with E-state index in [4.69, 9.17) is 0 Å². The molecule has 2 nitrogen and oxygen atoms in total. The molecule has 0 aromatic carbocycles. The highest BCUT2D eigenvalue weighted by Crippen LogP contribution is 2.38. The van der Waals surface area contributed by atoms with Gasteiger partial charge in [0.15, 0.2) is 0 Å². The second-order valence-electron chi connectivity index (χ2n) is 5.29. The van der Waals surface area contributed by atoms with Gasteiger partial charge in [-0.15, -0.1) is 0 Å². The van der Waals surface area contributed by atoms with Crippen LogP contribution < -0.4 is 5.32 Å². The van der Waals surface area contributed by atoms with Crippen LogP contribution in [0, 0.1) is 11.8 Å². The van der Waals surface area contributed by atoms with E-state index in [0.29, 0.717) is 24.0 Å². The number of hydrogen-bond acceptors (Lipinski definition) is 2. The number of Topliss-reactive ketones (excluding diaryl/α,β-unsaturated/α-hetero) is 1. The Bertz CT molecular complexity index is 223. The summed E-state index contributed by atoms with van der Waals surface area (Å²) in [5, 5.41) is 3.37. The van der Waals surface area contributed by atoms with Crippen LogP contribution in [0.3, 0.4) is 0 Å². The molecule has 2 atom stereocenters. The molecule has 0 aliphatic heterocycles. The third kappa shape index (κ3) is 2.81. The van der Waals surface area contributed by atoms with Crippen molar-refractivity contribution < 1.29 is 4.79 Å². The molecule has 0 aromatic rings. The Morgan fingerprint density at radius 1 is 1.33 bits per heavy atom. The molecule has 0 amide bonds. The molecule has 1 N–H and O–H groups in total. The third-order valence-electron chi connectivity index (χ3n) is 4.10. The molecule has 1 fully saturated rings. The highest BCUT2D eigenvalue weighted by molar-refractivity contribution is 5.81. The summed E-state index contributed by atoms with van der Waals surface area (Å²) in [6, 6.07) is 0. The Balaban J connectivity index is 2.78. The van der Waals surface area contributed by atoms with Crippen molar-refractivity contribution in [1.29, 1.82) is 0 Å². The van der Waals surface area contributed by atoms with Gasteiger partial charge in [-0.1, -0.05) is 19.8 Å². The summed E-state index contributed by atoms with van der Waals surface area (Å²) >= 11 is 0. The molecule has 1 aliphatic rings. The monoisotopic (exact) mass is 211 g/mol. The number of nitrogens with one attached hydrogen (secondary N) is 1. The zero-order valence-corrected chi connectivity index (χ0v) is 10.6. The van der Waals surface area contributed by atoms with Crippen molar-refractivity contribution in [2.45, 2.75) is 58.4 Å². The molecule has 0 saturated heterocycles. The SMILES string of the molecule is CCC(=O)C1CCCCC1C(C)(C)NC. The Morgan fingerprint density at radius 2 is 1.93 bits per heavy atom. The lowest BCUT2D eigenvalue weighted by Crippen LogP contribution is -2.49. The molecular formula is C13H25NO. The summed E-state index contributed by atoms with van der Waals surface area (Å²) in [7, 11) is 2.00. The van der Waals surface area contributed by atoms with Crippen LogP contribution in [0.15, 0.2) is 0 Å². The number of carbonyl (C=O) groups is 1. The van der Waals surface area contributed by atoms with E-state index < -0.39 is 0 Å². The average molecular weight is 211 g/mol. The zero-order chi connectivity index (χ0) is 11.5. The Hall–Kier alpha value is -0.370. The van der Waals surface area contributed by atoms with Gasteiger partial charge in [0.2, 0.25) is 0 Å². The average Bonchev–Trinajstić information content (AvgIpc) is 2.28. The molecule has 0 heterocycles. The molecule has 2 unspecified atom stereocenters. The molecule has 1 saturated carbocycles. The topological polar surface area (TPSA) is 29.1 Å². The lowest BCUT2D eigenvalue weighted by atomic mass is 9.68. The largest absolute Gasteiger partial charge is 0.315 e. The van der Waals surface area contributed by atoms with Crippen molar-refractivity contribution >= 4 is 5.78 Å². The van der Waals surface area contributed by atoms with Gasteiger partial charge in [-0.2, -0.15) is 0 Å². The van der Waals surface area contributed by atoms with Gasteiger partial charge >= 0.3 is 0 Å². The summed E-state index contributed by atoms with van der Waals surface area (Å²) < 4.78 is 0. The quantitative estimate of drug-likeness (QED) is 0.774. The third-order valence-corrected chi connectivity index (χ3v) is 4.10. The minimum absolute atomic E-state index is 0.0932. The van der Waals surface area contributed by atoms with Crippen molar-refractivity contribution in [1.82, 2.24) is 5.32 Å². The van der Waals surface area contributed by atoms with E-state index >= 15 is 0 Å². The van der Waals surface area contributed by atoms with Crippen LogP contribution in [0.1, 0.15) is 52.9 Å². The van der Waals surface area contributed by atoms with Crippen LogP contribution in [0.4, 0.5) is 0 Å². The van der Waals surface area contributed by atoms with Crippen LogP contribution in [-0.2, 0) is 4.79 Å². The van der Waals surface area contributed by atoms with E-state index in [1.165, 1.54) is 19.3 Å². The van der Waals surface area contributed by atoms with Gasteiger partial charge < -0.3 is 5.32 Å². The Kier molecular flexibility index (Phi) is 4.32. The second kappa shape index (κ2) is 5.11. The molecule has 0 spiro atoms. The smallest absolute Gasteiger partial charge is 0.136 e. The van der Waals surface area contributed by atoms with E-state index in [1.807, 2.05) is 14.0 Å². The van der Waals surface area contributed by atoms with Gasteiger partial charge in [-0.05, 0) is 39.7 Å². The maximum absolute atomic E-state index is 11.9. The molecule has 88 valence electrons. The summed E-state index contributed by atoms with van der Waals surface area (Å²) in [6.07, 6.45) is 5.50. The van der Waals surface area contributed by atoms with Gasteiger partial charge in [0, 0.05) is 17.9 Å². The van der Waals surface area contributed by atoms with Gasteiger partial charge in [0.1, 0.15) is 5.78 Å². The van der Waals surface area contributed by atoms with Gasteiger partial charge in [-0.3, -0.25) is 4.79 Å². The fraction of sp³-hybridized carbons (Fsp3) is 0.923. The van der Waals surface area contributed by atoms with Crippen LogP contribution in [0.25, 0.3) is 0 Å². The highest BCUT2D eigenvalue weighted by atomic mass is 16.1. The number of rotatable bonds is 4. The van der Waals surface area contributed by atoms with E-state index in [-0.39, 0.29) is 5.54 Å². The van der Waals surface area contributed by atoms with Crippen LogP contribution in [0.5, 0.6) is 0 Å². The summed E-state index contributed by atoms with van der Waals surface area (Å²) in [4.78, 5) is 11.9. The van der Waals surface area contributed by atoms with Crippen molar-refractivity contribution in [2.75, 3.05) is 7.05 Å². The maximum atomic E-state index is 11.9. The van der Waals surface area contributed by atoms with Gasteiger partial charge in [-0.25, -0.2) is 0 Å². The standard InChI is InChI=1S/C13H25NO/c1-5-12(15)10-8-6-7-9-11(10)13(2,3)14-4/h10-11,14H,5-9H2,1-4H3. The van der Waals surface area contributed by atoms with E-state index in [0.717, 1.165) is 6.42 Å². The first-order valence-electron chi connectivity index (χ1n) is 6.24. The van der Waals surface area contributed by atoms with Gasteiger partial charge in [0.05, 0.1) is 0 Å². The van der Waals surface area contributed by atoms with Crippen molar-refractivity contribution in [2.24, 2.45) is 11.8 Å². The number of carbonyl (C=O) groups excluding carboxylic acids is 1. The minimum Gasteiger partial charge on any atom is -0.315 e. The maximum Gasteiger partial charge on any atom is 0.136 e. The van der Waals surface area contributed by atoms with Crippen molar-refractivity contribution in [3.8, 4) is 0 Å². The van der Waals surface area contributed by atoms with Crippen LogP contribution in [-0.4, -0.2) is 18.4 Å². The first kappa shape index (κ1) is 12.7. The van der Waals surface area contributed by atoms with E-state index in [9.17, 15) is 4.79 Å². The lowest BCUT2D eigenvalue weighted by Gasteiger charge is -2.41. The zero-order valence-electron chi connectivity index (χ0n) is 10.6. The molecule has 15 heavy (non-hydrogen) atoms.